The summed E-state index contributed by atoms with van der Waals surface area (Å²) in [7, 11) is 6.19. The van der Waals surface area contributed by atoms with E-state index < -0.39 is 0 Å². The van der Waals surface area contributed by atoms with Gasteiger partial charge in [-0.2, -0.15) is 5.10 Å². The standard InChI is InChI=1S/C14H25N5S/c1-7-10-11-12(18(6)16-10)19(13(20)15-11)9-14(2,3)8-17(4)5/h7-9H2,1-6H3,(H,15,20). The molecule has 0 amide bonds. The van der Waals surface area contributed by atoms with Crippen molar-refractivity contribution in [2.24, 2.45) is 12.5 Å². The smallest absolute Gasteiger partial charge is 0.179 e. The van der Waals surface area contributed by atoms with Gasteiger partial charge in [0.05, 0.1) is 5.69 Å². The van der Waals surface area contributed by atoms with Crippen molar-refractivity contribution in [1.82, 2.24) is 24.2 Å². The van der Waals surface area contributed by atoms with E-state index in [0.717, 1.165) is 41.1 Å². The number of fused-ring (bicyclic) bond motifs is 1. The summed E-state index contributed by atoms with van der Waals surface area (Å²) in [5.74, 6) is 0. The Bertz CT molecular complexity index is 659. The molecule has 0 saturated heterocycles. The molecule has 0 aliphatic heterocycles. The number of nitrogens with one attached hydrogen (secondary N) is 1. The number of aromatic nitrogens is 4. The van der Waals surface area contributed by atoms with E-state index >= 15 is 0 Å². The fraction of sp³-hybridized carbons (Fsp3) is 0.714. The zero-order chi connectivity index (χ0) is 15.1. The first-order valence-electron chi connectivity index (χ1n) is 7.04. The van der Waals surface area contributed by atoms with Crippen molar-refractivity contribution in [3.8, 4) is 0 Å². The van der Waals surface area contributed by atoms with Gasteiger partial charge in [0.25, 0.3) is 0 Å². The fourth-order valence-electron chi connectivity index (χ4n) is 3.01. The molecule has 1 N–H and O–H groups in total. The van der Waals surface area contributed by atoms with Crippen molar-refractivity contribution in [1.29, 1.82) is 0 Å². The number of aryl methyl sites for hydroxylation is 2. The highest BCUT2D eigenvalue weighted by atomic mass is 32.1. The van der Waals surface area contributed by atoms with Gasteiger partial charge in [-0.15, -0.1) is 0 Å². The van der Waals surface area contributed by atoms with Crippen molar-refractivity contribution in [2.45, 2.75) is 33.7 Å². The van der Waals surface area contributed by atoms with Crippen molar-refractivity contribution in [3.63, 3.8) is 0 Å². The number of aromatic amines is 1. The van der Waals surface area contributed by atoms with Crippen LogP contribution in [0.1, 0.15) is 26.5 Å². The number of hydrogen-bond acceptors (Lipinski definition) is 3. The van der Waals surface area contributed by atoms with Crippen LogP contribution in [-0.4, -0.2) is 44.9 Å². The molecule has 5 nitrogen and oxygen atoms in total. The van der Waals surface area contributed by atoms with E-state index in [1.54, 1.807) is 0 Å². The molecular weight excluding hydrogens is 270 g/mol. The molecule has 0 aromatic carbocycles. The maximum Gasteiger partial charge on any atom is 0.179 e. The summed E-state index contributed by atoms with van der Waals surface area (Å²) in [6, 6.07) is 0. The molecule has 0 spiro atoms. The Morgan fingerprint density at radius 3 is 2.55 bits per heavy atom. The van der Waals surface area contributed by atoms with E-state index in [1.807, 2.05) is 11.7 Å². The van der Waals surface area contributed by atoms with Gasteiger partial charge in [-0.3, -0.25) is 4.68 Å². The third kappa shape index (κ3) is 2.81. The van der Waals surface area contributed by atoms with Crippen molar-refractivity contribution >= 4 is 23.4 Å². The normalized spacial score (nSPS) is 12.8. The maximum absolute atomic E-state index is 5.51. The van der Waals surface area contributed by atoms with Crippen LogP contribution in [0.2, 0.25) is 0 Å². The van der Waals surface area contributed by atoms with Crippen LogP contribution in [0.4, 0.5) is 0 Å². The molecule has 0 aliphatic rings. The molecule has 2 aromatic rings. The van der Waals surface area contributed by atoms with E-state index in [9.17, 15) is 0 Å². The Hall–Kier alpha value is -1.14. The summed E-state index contributed by atoms with van der Waals surface area (Å²) >= 11 is 5.51. The molecule has 0 bridgehead atoms. The molecule has 0 saturated carbocycles. The minimum atomic E-state index is 0.146. The van der Waals surface area contributed by atoms with Crippen LogP contribution in [-0.2, 0) is 20.0 Å². The first-order chi connectivity index (χ1) is 9.25. The second-order valence-electron chi connectivity index (χ2n) is 6.54. The highest BCUT2D eigenvalue weighted by Gasteiger charge is 2.23. The molecule has 112 valence electrons. The molecule has 0 aliphatic carbocycles. The minimum Gasteiger partial charge on any atom is -0.328 e. The fourth-order valence-corrected chi connectivity index (χ4v) is 3.26. The van der Waals surface area contributed by atoms with E-state index in [2.05, 4.69) is 54.4 Å². The lowest BCUT2D eigenvalue weighted by Gasteiger charge is -2.28. The highest BCUT2D eigenvalue weighted by Crippen LogP contribution is 2.24. The van der Waals surface area contributed by atoms with Crippen LogP contribution in [0.15, 0.2) is 0 Å². The number of H-pyrrole nitrogens is 1. The van der Waals surface area contributed by atoms with Crippen molar-refractivity contribution < 1.29 is 0 Å². The number of nitrogens with zero attached hydrogens (tertiary/aromatic N) is 4. The molecule has 0 unspecified atom stereocenters. The third-order valence-electron chi connectivity index (χ3n) is 3.49. The van der Waals surface area contributed by atoms with Gasteiger partial charge in [0.2, 0.25) is 0 Å². The van der Waals surface area contributed by atoms with Crippen LogP contribution in [0.25, 0.3) is 11.2 Å². The molecule has 0 fully saturated rings. The predicted octanol–water partition coefficient (Wildman–Crippen LogP) is 2.58. The van der Waals surface area contributed by atoms with E-state index in [4.69, 9.17) is 12.2 Å². The lowest BCUT2D eigenvalue weighted by Crippen LogP contribution is -2.32. The van der Waals surface area contributed by atoms with Crippen LogP contribution in [0.3, 0.4) is 0 Å². The van der Waals surface area contributed by atoms with E-state index in [-0.39, 0.29) is 5.41 Å². The minimum absolute atomic E-state index is 0.146. The largest absolute Gasteiger partial charge is 0.328 e. The second-order valence-corrected chi connectivity index (χ2v) is 6.93. The summed E-state index contributed by atoms with van der Waals surface area (Å²) in [6.45, 7) is 8.55. The second kappa shape index (κ2) is 5.33. The Balaban J connectivity index is 2.47. The Morgan fingerprint density at radius 2 is 2.00 bits per heavy atom. The topological polar surface area (TPSA) is 41.8 Å². The van der Waals surface area contributed by atoms with Gasteiger partial charge in [0.15, 0.2) is 10.4 Å². The van der Waals surface area contributed by atoms with E-state index in [0.29, 0.717) is 0 Å². The summed E-state index contributed by atoms with van der Waals surface area (Å²) in [5.41, 5.74) is 3.41. The van der Waals surface area contributed by atoms with Gasteiger partial charge >= 0.3 is 0 Å². The van der Waals surface area contributed by atoms with Gasteiger partial charge in [-0.1, -0.05) is 20.8 Å². The summed E-state index contributed by atoms with van der Waals surface area (Å²) in [4.78, 5) is 5.54. The zero-order valence-electron chi connectivity index (χ0n) is 13.3. The predicted molar refractivity (Wildman–Crippen MR) is 85.6 cm³/mol. The number of imidazole rings is 1. The molecule has 2 heterocycles. The molecule has 0 atom stereocenters. The van der Waals surface area contributed by atoms with Crippen molar-refractivity contribution in [3.05, 3.63) is 10.5 Å². The lowest BCUT2D eigenvalue weighted by molar-refractivity contribution is 0.212. The van der Waals surface area contributed by atoms with Gasteiger partial charge in [-0.05, 0) is 38.1 Å². The third-order valence-corrected chi connectivity index (χ3v) is 3.81. The monoisotopic (exact) mass is 295 g/mol. The van der Waals surface area contributed by atoms with Crippen LogP contribution in [0.5, 0.6) is 0 Å². The lowest BCUT2D eigenvalue weighted by atomic mass is 9.93. The first-order valence-corrected chi connectivity index (χ1v) is 7.45. The highest BCUT2D eigenvalue weighted by molar-refractivity contribution is 7.71. The van der Waals surface area contributed by atoms with Gasteiger partial charge in [-0.25, -0.2) is 0 Å². The van der Waals surface area contributed by atoms with Crippen LogP contribution in [0, 0.1) is 10.2 Å². The molecule has 20 heavy (non-hydrogen) atoms. The van der Waals surface area contributed by atoms with Crippen LogP contribution < -0.4 is 0 Å². The summed E-state index contributed by atoms with van der Waals surface area (Å²) in [6.07, 6.45) is 0.910. The number of rotatable bonds is 5. The molecule has 2 aromatic heterocycles. The van der Waals surface area contributed by atoms with Gasteiger partial charge in [0, 0.05) is 20.1 Å². The average molecular weight is 295 g/mol. The average Bonchev–Trinajstić information content (AvgIpc) is 2.76. The Labute approximate surface area is 125 Å². The maximum atomic E-state index is 5.51. The van der Waals surface area contributed by atoms with Crippen LogP contribution >= 0.6 is 12.2 Å². The van der Waals surface area contributed by atoms with Crippen molar-refractivity contribution in [2.75, 3.05) is 20.6 Å². The Morgan fingerprint density at radius 1 is 1.35 bits per heavy atom. The summed E-state index contributed by atoms with van der Waals surface area (Å²) < 4.78 is 4.90. The molecular formula is C14H25N5S. The molecule has 6 heteroatoms. The van der Waals surface area contributed by atoms with Gasteiger partial charge < -0.3 is 14.5 Å². The zero-order valence-corrected chi connectivity index (χ0v) is 14.1. The van der Waals surface area contributed by atoms with E-state index in [1.165, 1.54) is 0 Å². The SMILES string of the molecule is CCc1nn(C)c2c1[nH]c(=S)n2CC(C)(C)CN(C)C. The number of hydrogen-bond donors (Lipinski definition) is 1. The molecule has 2 rings (SSSR count). The quantitative estimate of drug-likeness (QED) is 0.862. The van der Waals surface area contributed by atoms with Gasteiger partial charge in [0.1, 0.15) is 5.52 Å². The molecule has 0 radical (unpaired) electrons. The first kappa shape index (κ1) is 15.3. The summed E-state index contributed by atoms with van der Waals surface area (Å²) in [5, 5.41) is 4.57. The Kier molecular flexibility index (Phi) is 4.07.